The number of benzene rings is 2. The van der Waals surface area contributed by atoms with Crippen LogP contribution in [0, 0.1) is 0 Å². The summed E-state index contributed by atoms with van der Waals surface area (Å²) in [7, 11) is 0. The average Bonchev–Trinajstić information content (AvgIpc) is 3.27. The molecule has 30 heavy (non-hydrogen) atoms. The Morgan fingerprint density at radius 3 is 2.63 bits per heavy atom. The second-order valence-corrected chi connectivity index (χ2v) is 7.13. The predicted molar refractivity (Wildman–Crippen MR) is 121 cm³/mol. The van der Waals surface area contributed by atoms with Gasteiger partial charge in [-0.1, -0.05) is 24.3 Å². The molecule has 0 aromatic heterocycles. The maximum absolute atomic E-state index is 12.4. The molecule has 160 valence electrons. The van der Waals surface area contributed by atoms with Crippen LogP contribution in [0.4, 0.5) is 5.69 Å². The van der Waals surface area contributed by atoms with Gasteiger partial charge in [0.1, 0.15) is 11.8 Å². The second-order valence-electron chi connectivity index (χ2n) is 7.13. The van der Waals surface area contributed by atoms with E-state index in [0.717, 1.165) is 30.0 Å². The van der Waals surface area contributed by atoms with Crippen LogP contribution in [0.15, 0.2) is 53.6 Å². The molecule has 1 fully saturated rings. The summed E-state index contributed by atoms with van der Waals surface area (Å²) in [5.74, 6) is 0.670. The Morgan fingerprint density at radius 2 is 1.93 bits per heavy atom. The van der Waals surface area contributed by atoms with E-state index in [9.17, 15) is 4.79 Å². The molecule has 0 saturated carbocycles. The molecular weight excluding hydrogens is 378 g/mol. The van der Waals surface area contributed by atoms with Gasteiger partial charge in [-0.2, -0.15) is 5.10 Å². The lowest BCUT2D eigenvalue weighted by atomic mass is 10.0. The Labute approximate surface area is 178 Å². The fraction of sp³-hybridized carbons (Fsp3) is 0.391. The van der Waals surface area contributed by atoms with Crippen molar-refractivity contribution in [1.29, 1.82) is 0 Å². The summed E-state index contributed by atoms with van der Waals surface area (Å²) in [5, 5.41) is 4.11. The van der Waals surface area contributed by atoms with Crippen LogP contribution in [0.3, 0.4) is 0 Å². The highest BCUT2D eigenvalue weighted by Crippen LogP contribution is 2.25. The normalized spacial score (nSPS) is 18.5. The number of amides is 1. The molecule has 2 aromatic carbocycles. The third kappa shape index (κ3) is 5.58. The van der Waals surface area contributed by atoms with Crippen molar-refractivity contribution in [3.63, 3.8) is 0 Å². The van der Waals surface area contributed by atoms with Gasteiger partial charge in [-0.05, 0) is 62.6 Å². The van der Waals surface area contributed by atoms with Gasteiger partial charge in [-0.15, -0.1) is 0 Å². The van der Waals surface area contributed by atoms with Crippen molar-refractivity contribution in [3.8, 4) is 5.75 Å². The van der Waals surface area contributed by atoms with Crippen molar-refractivity contribution in [2.75, 3.05) is 24.6 Å². The van der Waals surface area contributed by atoms with E-state index in [1.165, 1.54) is 5.69 Å². The van der Waals surface area contributed by atoms with Gasteiger partial charge in [-0.3, -0.25) is 4.79 Å². The molecule has 7 heteroatoms. The van der Waals surface area contributed by atoms with Crippen LogP contribution in [0.5, 0.6) is 5.75 Å². The number of nitrogens with zero attached hydrogens (tertiary/aromatic N) is 2. The standard InChI is InChI=1S/C23H31N5O2/c1-4-28(5-2)19-12-10-17(11-13-19)16-24-27-23(29)22-15-21(25-26-22)18-8-7-9-20(14-18)30-6-3/h7-14,16,21-22,25-26H,4-6,15H2,1-3H3,(H,27,29)/b24-16+. The molecule has 1 amide bonds. The molecule has 1 saturated heterocycles. The number of hydrazine groups is 1. The predicted octanol–water partition coefficient (Wildman–Crippen LogP) is 2.99. The lowest BCUT2D eigenvalue weighted by Gasteiger charge is -2.20. The number of ether oxygens (including phenoxy) is 1. The van der Waals surface area contributed by atoms with Gasteiger partial charge in [0, 0.05) is 24.8 Å². The van der Waals surface area contributed by atoms with Crippen molar-refractivity contribution < 1.29 is 9.53 Å². The van der Waals surface area contributed by atoms with Gasteiger partial charge in [-0.25, -0.2) is 16.3 Å². The minimum atomic E-state index is -0.354. The van der Waals surface area contributed by atoms with Crippen LogP contribution in [0.25, 0.3) is 0 Å². The van der Waals surface area contributed by atoms with Crippen LogP contribution < -0.4 is 25.9 Å². The topological polar surface area (TPSA) is 78.0 Å². The molecule has 1 heterocycles. The summed E-state index contributed by atoms with van der Waals surface area (Å²) >= 11 is 0. The fourth-order valence-electron chi connectivity index (χ4n) is 3.54. The van der Waals surface area contributed by atoms with E-state index >= 15 is 0 Å². The summed E-state index contributed by atoms with van der Waals surface area (Å²) in [4.78, 5) is 14.7. The summed E-state index contributed by atoms with van der Waals surface area (Å²) in [6, 6.07) is 15.8. The van der Waals surface area contributed by atoms with Crippen molar-refractivity contribution in [2.24, 2.45) is 5.10 Å². The number of carbonyl (C=O) groups excluding carboxylic acids is 1. The lowest BCUT2D eigenvalue weighted by Crippen LogP contribution is -2.41. The Hall–Kier alpha value is -2.90. The molecule has 0 radical (unpaired) electrons. The number of rotatable bonds is 9. The van der Waals surface area contributed by atoms with E-state index in [0.29, 0.717) is 13.0 Å². The van der Waals surface area contributed by atoms with Gasteiger partial charge in [0.15, 0.2) is 0 Å². The van der Waals surface area contributed by atoms with Gasteiger partial charge in [0.2, 0.25) is 0 Å². The monoisotopic (exact) mass is 409 g/mol. The highest BCUT2D eigenvalue weighted by Gasteiger charge is 2.30. The lowest BCUT2D eigenvalue weighted by molar-refractivity contribution is -0.122. The third-order valence-electron chi connectivity index (χ3n) is 5.20. The van der Waals surface area contributed by atoms with E-state index in [4.69, 9.17) is 4.74 Å². The Morgan fingerprint density at radius 1 is 1.17 bits per heavy atom. The zero-order chi connectivity index (χ0) is 21.3. The SMILES string of the molecule is CCOc1cccc(C2CC(C(=O)N/N=C/c3ccc(N(CC)CC)cc3)NN2)c1. The summed E-state index contributed by atoms with van der Waals surface area (Å²) in [6.45, 7) is 8.81. The first-order valence-corrected chi connectivity index (χ1v) is 10.6. The summed E-state index contributed by atoms with van der Waals surface area (Å²) < 4.78 is 5.56. The summed E-state index contributed by atoms with van der Waals surface area (Å²) in [5.41, 5.74) is 12.1. The average molecular weight is 410 g/mol. The first kappa shape index (κ1) is 21.8. The van der Waals surface area contributed by atoms with E-state index in [2.05, 4.69) is 52.3 Å². The molecule has 0 spiro atoms. The van der Waals surface area contributed by atoms with Crippen LogP contribution in [-0.4, -0.2) is 37.9 Å². The van der Waals surface area contributed by atoms with E-state index in [-0.39, 0.29) is 18.0 Å². The van der Waals surface area contributed by atoms with Crippen LogP contribution in [-0.2, 0) is 4.79 Å². The highest BCUT2D eigenvalue weighted by molar-refractivity contribution is 5.85. The number of anilines is 1. The number of hydrogen-bond acceptors (Lipinski definition) is 6. The number of carbonyl (C=O) groups is 1. The Bertz CT molecular complexity index is 849. The molecular formula is C23H31N5O2. The molecule has 2 unspecified atom stereocenters. The van der Waals surface area contributed by atoms with Crippen molar-refractivity contribution in [2.45, 2.75) is 39.3 Å². The van der Waals surface area contributed by atoms with Gasteiger partial charge in [0.25, 0.3) is 5.91 Å². The molecule has 3 rings (SSSR count). The van der Waals surface area contributed by atoms with E-state index < -0.39 is 0 Å². The maximum atomic E-state index is 12.4. The Balaban J connectivity index is 1.51. The number of hydrazone groups is 1. The summed E-state index contributed by atoms with van der Waals surface area (Å²) in [6.07, 6.45) is 2.30. The van der Waals surface area contributed by atoms with E-state index in [1.54, 1.807) is 6.21 Å². The smallest absolute Gasteiger partial charge is 0.258 e. The second kappa shape index (κ2) is 10.8. The maximum Gasteiger partial charge on any atom is 0.258 e. The Kier molecular flexibility index (Phi) is 7.82. The molecule has 7 nitrogen and oxygen atoms in total. The first-order chi connectivity index (χ1) is 14.6. The van der Waals surface area contributed by atoms with Crippen molar-refractivity contribution >= 4 is 17.8 Å². The highest BCUT2D eigenvalue weighted by atomic mass is 16.5. The van der Waals surface area contributed by atoms with Crippen LogP contribution >= 0.6 is 0 Å². The molecule has 0 aliphatic carbocycles. The molecule has 0 bridgehead atoms. The van der Waals surface area contributed by atoms with Gasteiger partial charge in [0.05, 0.1) is 12.8 Å². The fourth-order valence-corrected chi connectivity index (χ4v) is 3.54. The molecule has 1 aliphatic heterocycles. The van der Waals surface area contributed by atoms with Crippen molar-refractivity contribution in [1.82, 2.24) is 16.3 Å². The molecule has 3 N–H and O–H groups in total. The zero-order valence-electron chi connectivity index (χ0n) is 17.9. The van der Waals surface area contributed by atoms with Gasteiger partial charge >= 0.3 is 0 Å². The quantitative estimate of drug-likeness (QED) is 0.438. The molecule has 2 aromatic rings. The molecule has 2 atom stereocenters. The minimum Gasteiger partial charge on any atom is -0.494 e. The minimum absolute atomic E-state index is 0.0396. The van der Waals surface area contributed by atoms with Crippen LogP contribution in [0.2, 0.25) is 0 Å². The van der Waals surface area contributed by atoms with Gasteiger partial charge < -0.3 is 9.64 Å². The van der Waals surface area contributed by atoms with Crippen LogP contribution in [0.1, 0.15) is 44.4 Å². The van der Waals surface area contributed by atoms with Crippen molar-refractivity contribution in [3.05, 3.63) is 59.7 Å². The first-order valence-electron chi connectivity index (χ1n) is 10.6. The van der Waals surface area contributed by atoms with E-state index in [1.807, 2.05) is 43.3 Å². The number of hydrogen-bond donors (Lipinski definition) is 3. The zero-order valence-corrected chi connectivity index (χ0v) is 17.9. The number of nitrogens with one attached hydrogen (secondary N) is 3. The largest absolute Gasteiger partial charge is 0.494 e. The molecule has 1 aliphatic rings. The third-order valence-corrected chi connectivity index (χ3v) is 5.20.